The van der Waals surface area contributed by atoms with Crippen LogP contribution in [0.1, 0.15) is 42.1 Å². The van der Waals surface area contributed by atoms with Gasteiger partial charge in [0, 0.05) is 18.7 Å². The summed E-state index contributed by atoms with van der Waals surface area (Å²) in [4.78, 5) is 14.7. The second-order valence-corrected chi connectivity index (χ2v) is 9.17. The van der Waals surface area contributed by atoms with Crippen LogP contribution in [0.2, 0.25) is 0 Å². The molecule has 3 rings (SSSR count). The van der Waals surface area contributed by atoms with Gasteiger partial charge in [-0.25, -0.2) is 12.8 Å². The number of benzene rings is 2. The van der Waals surface area contributed by atoms with E-state index in [0.717, 1.165) is 5.56 Å². The first-order valence-electron chi connectivity index (χ1n) is 9.23. The molecule has 144 valence electrons. The molecule has 2 atom stereocenters. The van der Waals surface area contributed by atoms with Crippen molar-refractivity contribution in [2.45, 2.75) is 30.9 Å². The average Bonchev–Trinajstić information content (AvgIpc) is 2.82. The van der Waals surface area contributed by atoms with Crippen molar-refractivity contribution in [1.82, 2.24) is 4.90 Å². The summed E-state index contributed by atoms with van der Waals surface area (Å²) >= 11 is 0. The van der Waals surface area contributed by atoms with Crippen LogP contribution in [0, 0.1) is 5.82 Å². The molecular weight excluding hydrogens is 365 g/mol. The Hall–Kier alpha value is -2.21. The molecule has 1 heterocycles. The van der Waals surface area contributed by atoms with E-state index in [1.165, 1.54) is 12.1 Å². The van der Waals surface area contributed by atoms with Crippen molar-refractivity contribution in [3.8, 4) is 0 Å². The molecule has 1 fully saturated rings. The molecule has 0 aliphatic carbocycles. The number of sulfone groups is 1. The number of hydrogen-bond donors (Lipinski definition) is 0. The van der Waals surface area contributed by atoms with Gasteiger partial charge in [0.2, 0.25) is 5.91 Å². The molecule has 0 saturated carbocycles. The highest BCUT2D eigenvalue weighted by molar-refractivity contribution is 7.91. The maximum absolute atomic E-state index is 14.2. The van der Waals surface area contributed by atoms with Gasteiger partial charge in [-0.05, 0) is 24.5 Å². The third kappa shape index (κ3) is 4.21. The minimum absolute atomic E-state index is 0.0620. The van der Waals surface area contributed by atoms with Crippen LogP contribution in [0.5, 0.6) is 0 Å². The Morgan fingerprint density at radius 1 is 1.11 bits per heavy atom. The number of hydrogen-bond acceptors (Lipinski definition) is 3. The lowest BCUT2D eigenvalue weighted by Gasteiger charge is -2.25. The first-order chi connectivity index (χ1) is 12.9. The van der Waals surface area contributed by atoms with Gasteiger partial charge >= 0.3 is 0 Å². The first kappa shape index (κ1) is 19.5. The second kappa shape index (κ2) is 8.21. The minimum Gasteiger partial charge on any atom is -0.341 e. The molecule has 2 unspecified atom stereocenters. The monoisotopic (exact) mass is 389 g/mol. The largest absolute Gasteiger partial charge is 0.341 e. The third-order valence-electron chi connectivity index (χ3n) is 5.21. The van der Waals surface area contributed by atoms with E-state index in [4.69, 9.17) is 0 Å². The molecule has 1 saturated heterocycles. The maximum atomic E-state index is 14.2. The summed E-state index contributed by atoms with van der Waals surface area (Å²) in [6.07, 6.45) is 0.850. The van der Waals surface area contributed by atoms with Gasteiger partial charge in [0.05, 0.1) is 16.9 Å². The molecule has 0 N–H and O–H groups in total. The normalized spacial score (nSPS) is 20.7. The van der Waals surface area contributed by atoms with Crippen LogP contribution >= 0.6 is 0 Å². The minimum atomic E-state index is -3.53. The number of amides is 1. The Balaban J connectivity index is 1.83. The molecule has 4 nitrogen and oxygen atoms in total. The Morgan fingerprint density at radius 2 is 1.78 bits per heavy atom. The zero-order valence-corrected chi connectivity index (χ0v) is 16.2. The summed E-state index contributed by atoms with van der Waals surface area (Å²) in [5.74, 6) is -1.02. The predicted octanol–water partition coefficient (Wildman–Crippen LogP) is 3.71. The smallest absolute Gasteiger partial charge is 0.230 e. The number of nitrogens with zero attached hydrogens (tertiary/aromatic N) is 1. The van der Waals surface area contributed by atoms with Gasteiger partial charge in [-0.15, -0.1) is 0 Å². The van der Waals surface area contributed by atoms with E-state index in [9.17, 15) is 17.6 Å². The van der Waals surface area contributed by atoms with Crippen LogP contribution in [0.3, 0.4) is 0 Å². The molecule has 0 aromatic heterocycles. The predicted molar refractivity (Wildman–Crippen MR) is 104 cm³/mol. The summed E-state index contributed by atoms with van der Waals surface area (Å²) in [6, 6.07) is 15.5. The van der Waals surface area contributed by atoms with E-state index in [0.29, 0.717) is 13.0 Å². The number of rotatable bonds is 4. The molecule has 1 aliphatic heterocycles. The average molecular weight is 389 g/mol. The van der Waals surface area contributed by atoms with E-state index in [2.05, 4.69) is 0 Å². The van der Waals surface area contributed by atoms with Crippen LogP contribution in [0.25, 0.3) is 0 Å². The highest BCUT2D eigenvalue weighted by Gasteiger charge is 2.35. The molecule has 0 radical (unpaired) electrons. The van der Waals surface area contributed by atoms with Crippen molar-refractivity contribution in [2.75, 3.05) is 18.8 Å². The summed E-state index contributed by atoms with van der Waals surface area (Å²) in [6.45, 7) is 2.40. The highest BCUT2D eigenvalue weighted by atomic mass is 32.2. The van der Waals surface area contributed by atoms with Crippen molar-refractivity contribution in [3.05, 3.63) is 71.5 Å². The van der Waals surface area contributed by atoms with Crippen LogP contribution < -0.4 is 0 Å². The standard InChI is InChI=1S/C21H24FNO3S/c1-2-17(16-8-4-3-5-9-16)21(24)23-13-12-20(27(25,26)15-14-23)18-10-6-7-11-19(18)22/h3-11,17,20H,2,12-15H2,1H3. The topological polar surface area (TPSA) is 54.5 Å². The quantitative estimate of drug-likeness (QED) is 0.801. The lowest BCUT2D eigenvalue weighted by atomic mass is 9.95. The maximum Gasteiger partial charge on any atom is 0.230 e. The SMILES string of the molecule is CCC(C(=O)N1CCC(c2ccccc2F)S(=O)(=O)CC1)c1ccccc1. The fraction of sp³-hybridized carbons (Fsp3) is 0.381. The highest BCUT2D eigenvalue weighted by Crippen LogP contribution is 2.32. The van der Waals surface area contributed by atoms with Gasteiger partial charge < -0.3 is 4.90 Å². The van der Waals surface area contributed by atoms with Crippen molar-refractivity contribution in [1.29, 1.82) is 0 Å². The molecular formula is C21H24FNO3S. The molecule has 6 heteroatoms. The Bertz CT molecular complexity index is 899. The summed E-state index contributed by atoms with van der Waals surface area (Å²) < 4.78 is 39.6. The molecule has 0 bridgehead atoms. The zero-order chi connectivity index (χ0) is 19.4. The van der Waals surface area contributed by atoms with Crippen molar-refractivity contribution >= 4 is 15.7 Å². The van der Waals surface area contributed by atoms with Crippen molar-refractivity contribution < 1.29 is 17.6 Å². The number of halogens is 1. The Morgan fingerprint density at radius 3 is 2.44 bits per heavy atom. The van der Waals surface area contributed by atoms with Gasteiger partial charge in [-0.1, -0.05) is 55.5 Å². The molecule has 2 aromatic rings. The lowest BCUT2D eigenvalue weighted by Crippen LogP contribution is -2.37. The van der Waals surface area contributed by atoms with E-state index in [-0.39, 0.29) is 36.1 Å². The second-order valence-electron chi connectivity index (χ2n) is 6.86. The Kier molecular flexibility index (Phi) is 5.95. The molecule has 1 amide bonds. The van der Waals surface area contributed by atoms with Gasteiger partial charge in [-0.3, -0.25) is 4.79 Å². The summed E-state index contributed by atoms with van der Waals surface area (Å²) in [7, 11) is -3.53. The molecule has 0 spiro atoms. The fourth-order valence-electron chi connectivity index (χ4n) is 3.71. The van der Waals surface area contributed by atoms with Gasteiger partial charge in [0.1, 0.15) is 5.82 Å². The molecule has 2 aromatic carbocycles. The van der Waals surface area contributed by atoms with Crippen LogP contribution in [0.15, 0.2) is 54.6 Å². The van der Waals surface area contributed by atoms with E-state index >= 15 is 0 Å². The lowest BCUT2D eigenvalue weighted by molar-refractivity contribution is -0.132. The van der Waals surface area contributed by atoms with Crippen molar-refractivity contribution in [3.63, 3.8) is 0 Å². The first-order valence-corrected chi connectivity index (χ1v) is 10.9. The Labute approximate surface area is 159 Å². The van der Waals surface area contributed by atoms with E-state index < -0.39 is 20.9 Å². The third-order valence-corrected chi connectivity index (χ3v) is 7.32. The van der Waals surface area contributed by atoms with E-state index in [1.54, 1.807) is 17.0 Å². The van der Waals surface area contributed by atoms with Crippen LogP contribution in [0.4, 0.5) is 4.39 Å². The summed E-state index contributed by atoms with van der Waals surface area (Å²) in [5.41, 5.74) is 1.13. The van der Waals surface area contributed by atoms with E-state index in [1.807, 2.05) is 37.3 Å². The number of carbonyl (C=O) groups is 1. The van der Waals surface area contributed by atoms with Crippen LogP contribution in [-0.2, 0) is 14.6 Å². The fourth-order valence-corrected chi connectivity index (χ4v) is 5.51. The zero-order valence-electron chi connectivity index (χ0n) is 15.3. The van der Waals surface area contributed by atoms with Crippen LogP contribution in [-0.4, -0.2) is 38.1 Å². The summed E-state index contributed by atoms with van der Waals surface area (Å²) in [5, 5.41) is -0.909. The molecule has 1 aliphatic rings. The number of carbonyl (C=O) groups excluding carboxylic acids is 1. The van der Waals surface area contributed by atoms with Gasteiger partial charge in [-0.2, -0.15) is 0 Å². The van der Waals surface area contributed by atoms with Gasteiger partial charge in [0.25, 0.3) is 0 Å². The molecule has 27 heavy (non-hydrogen) atoms. The van der Waals surface area contributed by atoms with Gasteiger partial charge in [0.15, 0.2) is 9.84 Å². The van der Waals surface area contributed by atoms with Crippen molar-refractivity contribution in [2.24, 2.45) is 0 Å².